The van der Waals surface area contributed by atoms with Gasteiger partial charge in [-0.2, -0.15) is 11.8 Å². The number of carbonyl (C=O) groups is 2. The molecule has 96 valence electrons. The minimum absolute atomic E-state index is 0.0155. The highest BCUT2D eigenvalue weighted by molar-refractivity contribution is 7.98. The summed E-state index contributed by atoms with van der Waals surface area (Å²) in [5.74, 6) is 0.770. The number of thioether (sulfide) groups is 1. The van der Waals surface area contributed by atoms with Crippen LogP contribution in [0.4, 0.5) is 5.69 Å². The zero-order valence-electron chi connectivity index (χ0n) is 10.4. The van der Waals surface area contributed by atoms with E-state index in [1.54, 1.807) is 23.9 Å². The Morgan fingerprint density at radius 1 is 1.56 bits per heavy atom. The van der Waals surface area contributed by atoms with Gasteiger partial charge in [-0.05, 0) is 30.9 Å². The second-order valence-corrected chi connectivity index (χ2v) is 5.34. The summed E-state index contributed by atoms with van der Waals surface area (Å²) in [5.41, 5.74) is 2.29. The first-order chi connectivity index (χ1) is 8.60. The lowest BCUT2D eigenvalue weighted by Crippen LogP contribution is -2.34. The van der Waals surface area contributed by atoms with Crippen molar-refractivity contribution < 1.29 is 9.59 Å². The molecule has 1 unspecified atom stereocenters. The normalized spacial score (nSPS) is 14.9. The Morgan fingerprint density at radius 3 is 3.06 bits per heavy atom. The average molecular weight is 264 g/mol. The molecule has 0 spiro atoms. The smallest absolute Gasteiger partial charge is 0.251 e. The summed E-state index contributed by atoms with van der Waals surface area (Å²) >= 11 is 1.70. The van der Waals surface area contributed by atoms with E-state index in [4.69, 9.17) is 0 Å². The van der Waals surface area contributed by atoms with Gasteiger partial charge in [-0.25, -0.2) is 0 Å². The van der Waals surface area contributed by atoms with Gasteiger partial charge in [0.25, 0.3) is 5.91 Å². The molecule has 0 aliphatic carbocycles. The van der Waals surface area contributed by atoms with Crippen LogP contribution in [0, 0.1) is 0 Å². The van der Waals surface area contributed by atoms with E-state index in [2.05, 4.69) is 10.6 Å². The summed E-state index contributed by atoms with van der Waals surface area (Å²) in [6, 6.07) is 5.47. The fraction of sp³-hybridized carbons (Fsp3) is 0.385. The second-order valence-electron chi connectivity index (χ2n) is 4.43. The van der Waals surface area contributed by atoms with Crippen molar-refractivity contribution in [3.63, 3.8) is 0 Å². The molecule has 0 fully saturated rings. The fourth-order valence-electron chi connectivity index (χ4n) is 1.95. The molecule has 0 saturated heterocycles. The minimum atomic E-state index is -0.0968. The second kappa shape index (κ2) is 5.44. The predicted molar refractivity (Wildman–Crippen MR) is 74.1 cm³/mol. The zero-order chi connectivity index (χ0) is 13.1. The molecule has 5 heteroatoms. The molecule has 1 aliphatic heterocycles. The van der Waals surface area contributed by atoms with Gasteiger partial charge in [-0.15, -0.1) is 0 Å². The third kappa shape index (κ3) is 2.85. The first kappa shape index (κ1) is 13.0. The maximum absolute atomic E-state index is 12.0. The Bertz CT molecular complexity index is 488. The molecule has 2 N–H and O–H groups in total. The van der Waals surface area contributed by atoms with Gasteiger partial charge in [-0.3, -0.25) is 9.59 Å². The number of nitrogens with one attached hydrogen (secondary N) is 2. The molecule has 0 saturated carbocycles. The van der Waals surface area contributed by atoms with E-state index < -0.39 is 0 Å². The molecule has 0 bridgehead atoms. The maximum atomic E-state index is 12.0. The summed E-state index contributed by atoms with van der Waals surface area (Å²) in [5, 5.41) is 5.68. The third-order valence-electron chi connectivity index (χ3n) is 2.79. The van der Waals surface area contributed by atoms with E-state index in [1.807, 2.05) is 19.2 Å². The molecule has 1 aromatic carbocycles. The molecule has 0 aromatic heterocycles. The molecule has 18 heavy (non-hydrogen) atoms. The first-order valence-electron chi connectivity index (χ1n) is 5.82. The number of benzene rings is 1. The molecule has 0 radical (unpaired) electrons. The lowest BCUT2D eigenvalue weighted by Gasteiger charge is -2.12. The van der Waals surface area contributed by atoms with Crippen LogP contribution in [0.25, 0.3) is 0 Å². The highest BCUT2D eigenvalue weighted by Crippen LogP contribution is 2.23. The molecule has 2 rings (SSSR count). The van der Waals surface area contributed by atoms with Crippen molar-refractivity contribution in [3.8, 4) is 0 Å². The predicted octanol–water partition coefficient (Wildman–Crippen LogP) is 1.66. The van der Waals surface area contributed by atoms with E-state index in [9.17, 15) is 9.59 Å². The highest BCUT2D eigenvalue weighted by atomic mass is 32.2. The van der Waals surface area contributed by atoms with Crippen LogP contribution in [0.5, 0.6) is 0 Å². The number of hydrogen-bond donors (Lipinski definition) is 2. The Hall–Kier alpha value is -1.49. The molecule has 4 nitrogen and oxygen atoms in total. The van der Waals surface area contributed by atoms with Gasteiger partial charge < -0.3 is 10.6 Å². The lowest BCUT2D eigenvalue weighted by atomic mass is 10.1. The number of carbonyl (C=O) groups excluding carboxylic acids is 2. The monoisotopic (exact) mass is 264 g/mol. The maximum Gasteiger partial charge on any atom is 0.251 e. The van der Waals surface area contributed by atoms with Crippen LogP contribution in [0.1, 0.15) is 22.8 Å². The van der Waals surface area contributed by atoms with Crippen LogP contribution in [0.3, 0.4) is 0 Å². The summed E-state index contributed by atoms with van der Waals surface area (Å²) in [6.45, 7) is 1.98. The molecule has 1 atom stereocenters. The van der Waals surface area contributed by atoms with Gasteiger partial charge in [-0.1, -0.05) is 6.07 Å². The Kier molecular flexibility index (Phi) is 3.91. The molecule has 1 aromatic rings. The van der Waals surface area contributed by atoms with Gasteiger partial charge in [0, 0.05) is 23.0 Å². The number of fused-ring (bicyclic) bond motifs is 1. The van der Waals surface area contributed by atoms with Crippen LogP contribution < -0.4 is 10.6 Å². The third-order valence-corrected chi connectivity index (χ3v) is 3.62. The Labute approximate surface area is 111 Å². The van der Waals surface area contributed by atoms with E-state index in [-0.39, 0.29) is 17.9 Å². The summed E-state index contributed by atoms with van der Waals surface area (Å²) in [4.78, 5) is 23.2. The summed E-state index contributed by atoms with van der Waals surface area (Å²) < 4.78 is 0. The fourth-order valence-corrected chi connectivity index (χ4v) is 2.54. The molecular formula is C13H16N2O2S. The molecule has 1 heterocycles. The number of hydrogen-bond acceptors (Lipinski definition) is 3. The number of rotatable bonds is 4. The summed E-state index contributed by atoms with van der Waals surface area (Å²) in [6.07, 6.45) is 2.41. The van der Waals surface area contributed by atoms with Crippen molar-refractivity contribution in [1.82, 2.24) is 5.32 Å². The van der Waals surface area contributed by atoms with Crippen molar-refractivity contribution in [3.05, 3.63) is 29.3 Å². The Balaban J connectivity index is 2.08. The van der Waals surface area contributed by atoms with E-state index >= 15 is 0 Å². The van der Waals surface area contributed by atoms with Gasteiger partial charge in [0.2, 0.25) is 5.91 Å². The van der Waals surface area contributed by atoms with Crippen molar-refractivity contribution in [1.29, 1.82) is 0 Å². The zero-order valence-corrected chi connectivity index (χ0v) is 11.3. The molecule has 1 aliphatic rings. The van der Waals surface area contributed by atoms with E-state index in [0.29, 0.717) is 12.0 Å². The first-order valence-corrected chi connectivity index (χ1v) is 7.22. The standard InChI is InChI=1S/C13H16N2O2S/c1-8(7-18-2)14-13(17)10-4-3-9-6-12(16)15-11(9)5-10/h3-5,8H,6-7H2,1-2H3,(H,14,17)(H,15,16). The minimum Gasteiger partial charge on any atom is -0.349 e. The number of amides is 2. The SMILES string of the molecule is CSCC(C)NC(=O)c1ccc2c(c1)NC(=O)C2. The summed E-state index contributed by atoms with van der Waals surface area (Å²) in [7, 11) is 0. The molecular weight excluding hydrogens is 248 g/mol. The van der Waals surface area contributed by atoms with Gasteiger partial charge >= 0.3 is 0 Å². The van der Waals surface area contributed by atoms with Gasteiger partial charge in [0.1, 0.15) is 0 Å². The van der Waals surface area contributed by atoms with Crippen LogP contribution in [-0.2, 0) is 11.2 Å². The Morgan fingerprint density at radius 2 is 2.33 bits per heavy atom. The van der Waals surface area contributed by atoms with Gasteiger partial charge in [0.05, 0.1) is 6.42 Å². The number of anilines is 1. The molecule has 2 amide bonds. The van der Waals surface area contributed by atoms with Crippen LogP contribution >= 0.6 is 11.8 Å². The largest absolute Gasteiger partial charge is 0.349 e. The van der Waals surface area contributed by atoms with E-state index in [1.165, 1.54) is 0 Å². The van der Waals surface area contributed by atoms with Crippen molar-refractivity contribution in [2.45, 2.75) is 19.4 Å². The highest BCUT2D eigenvalue weighted by Gasteiger charge is 2.19. The van der Waals surface area contributed by atoms with Crippen molar-refractivity contribution >= 4 is 29.3 Å². The van der Waals surface area contributed by atoms with E-state index in [0.717, 1.165) is 17.0 Å². The average Bonchev–Trinajstić information content (AvgIpc) is 2.68. The van der Waals surface area contributed by atoms with Crippen molar-refractivity contribution in [2.24, 2.45) is 0 Å². The van der Waals surface area contributed by atoms with Crippen LogP contribution in [0.15, 0.2) is 18.2 Å². The quantitative estimate of drug-likeness (QED) is 0.869. The van der Waals surface area contributed by atoms with Crippen LogP contribution in [0.2, 0.25) is 0 Å². The van der Waals surface area contributed by atoms with Gasteiger partial charge in [0.15, 0.2) is 0 Å². The van der Waals surface area contributed by atoms with Crippen molar-refractivity contribution in [2.75, 3.05) is 17.3 Å². The van der Waals surface area contributed by atoms with Crippen LogP contribution in [-0.4, -0.2) is 29.9 Å². The lowest BCUT2D eigenvalue weighted by molar-refractivity contribution is -0.115. The topological polar surface area (TPSA) is 58.2 Å².